The van der Waals surface area contributed by atoms with Gasteiger partial charge in [0.2, 0.25) is 0 Å². The van der Waals surface area contributed by atoms with Gasteiger partial charge in [0.1, 0.15) is 6.54 Å². The largest absolute Gasteiger partial charge is 0.480 e. The van der Waals surface area contributed by atoms with Crippen molar-refractivity contribution in [2.75, 3.05) is 13.1 Å². The first-order valence-corrected chi connectivity index (χ1v) is 6.28. The van der Waals surface area contributed by atoms with Gasteiger partial charge in [-0.1, -0.05) is 6.92 Å². The predicted molar refractivity (Wildman–Crippen MR) is 69.7 cm³/mol. The molecule has 0 fully saturated rings. The molecule has 7 nitrogen and oxygen atoms in total. The zero-order chi connectivity index (χ0) is 14.3. The molecule has 19 heavy (non-hydrogen) atoms. The lowest BCUT2D eigenvalue weighted by Crippen LogP contribution is -2.47. The number of aliphatic carboxylic acids is 1. The van der Waals surface area contributed by atoms with E-state index in [4.69, 9.17) is 5.11 Å². The maximum absolute atomic E-state index is 11.9. The second kappa shape index (κ2) is 7.40. The smallest absolute Gasteiger partial charge is 0.323 e. The van der Waals surface area contributed by atoms with Gasteiger partial charge >= 0.3 is 12.0 Å². The molecule has 2 N–H and O–H groups in total. The van der Waals surface area contributed by atoms with E-state index in [9.17, 15) is 9.59 Å². The Balaban J connectivity index is 2.44. The molecule has 0 aliphatic rings. The van der Waals surface area contributed by atoms with Crippen LogP contribution in [0.2, 0.25) is 0 Å². The summed E-state index contributed by atoms with van der Waals surface area (Å²) in [6.07, 6.45) is 4.17. The van der Waals surface area contributed by atoms with Crippen LogP contribution >= 0.6 is 0 Å². The number of carbonyl (C=O) groups excluding carboxylic acids is 1. The predicted octanol–water partition coefficient (Wildman–Crippen LogP) is 0.778. The van der Waals surface area contributed by atoms with Gasteiger partial charge in [-0.2, -0.15) is 5.10 Å². The van der Waals surface area contributed by atoms with Crippen molar-refractivity contribution in [2.24, 2.45) is 0 Å². The van der Waals surface area contributed by atoms with E-state index in [2.05, 4.69) is 10.4 Å². The van der Waals surface area contributed by atoms with Crippen LogP contribution in [-0.2, 0) is 11.3 Å². The Kier molecular flexibility index (Phi) is 5.84. The second-order valence-corrected chi connectivity index (χ2v) is 4.28. The van der Waals surface area contributed by atoms with Gasteiger partial charge in [-0.25, -0.2) is 4.79 Å². The van der Waals surface area contributed by atoms with Crippen molar-refractivity contribution < 1.29 is 14.7 Å². The van der Waals surface area contributed by atoms with Crippen molar-refractivity contribution in [2.45, 2.75) is 32.9 Å². The summed E-state index contributed by atoms with van der Waals surface area (Å²) in [5, 5.41) is 15.5. The average molecular weight is 268 g/mol. The third-order valence-corrected chi connectivity index (χ3v) is 2.87. The number of carboxylic acid groups (broad SMARTS) is 1. The van der Waals surface area contributed by atoms with Crippen molar-refractivity contribution >= 4 is 12.0 Å². The monoisotopic (exact) mass is 268 g/mol. The summed E-state index contributed by atoms with van der Waals surface area (Å²) in [4.78, 5) is 24.0. The molecule has 0 spiro atoms. The number of carbonyl (C=O) groups is 2. The minimum absolute atomic E-state index is 0.110. The van der Waals surface area contributed by atoms with Crippen LogP contribution < -0.4 is 5.32 Å². The highest BCUT2D eigenvalue weighted by atomic mass is 16.4. The fourth-order valence-electron chi connectivity index (χ4n) is 1.61. The molecule has 1 atom stereocenters. The topological polar surface area (TPSA) is 87.5 Å². The zero-order valence-corrected chi connectivity index (χ0v) is 11.2. The number of hydrogen-bond donors (Lipinski definition) is 2. The third-order valence-electron chi connectivity index (χ3n) is 2.87. The van der Waals surface area contributed by atoms with E-state index in [1.165, 1.54) is 4.90 Å². The number of urea groups is 1. The molecule has 1 unspecified atom stereocenters. The molecule has 1 heterocycles. The van der Waals surface area contributed by atoms with E-state index in [1.54, 1.807) is 23.1 Å². The van der Waals surface area contributed by atoms with Gasteiger partial charge in [0.05, 0.1) is 6.54 Å². The lowest BCUT2D eigenvalue weighted by atomic mass is 10.2. The van der Waals surface area contributed by atoms with Crippen LogP contribution in [0.25, 0.3) is 0 Å². The molecule has 106 valence electrons. The number of rotatable bonds is 7. The SMILES string of the molecule is CCC(C)N(CC(=O)O)C(=O)NCCn1cccn1. The first kappa shape index (κ1) is 15.0. The summed E-state index contributed by atoms with van der Waals surface area (Å²) in [5.74, 6) is -1.01. The van der Waals surface area contributed by atoms with Crippen molar-refractivity contribution in [3.05, 3.63) is 18.5 Å². The number of nitrogens with one attached hydrogen (secondary N) is 1. The van der Waals surface area contributed by atoms with Crippen LogP contribution in [-0.4, -0.2) is 50.9 Å². The van der Waals surface area contributed by atoms with Crippen molar-refractivity contribution in [3.63, 3.8) is 0 Å². The highest BCUT2D eigenvalue weighted by Gasteiger charge is 2.20. The second-order valence-electron chi connectivity index (χ2n) is 4.28. The van der Waals surface area contributed by atoms with Crippen LogP contribution in [0.4, 0.5) is 4.79 Å². The Labute approximate surface area is 112 Å². The molecule has 0 aromatic carbocycles. The van der Waals surface area contributed by atoms with Gasteiger partial charge in [-0.3, -0.25) is 9.48 Å². The minimum Gasteiger partial charge on any atom is -0.480 e. The summed E-state index contributed by atoms with van der Waals surface area (Å²) >= 11 is 0. The summed E-state index contributed by atoms with van der Waals surface area (Å²) in [6.45, 7) is 4.42. The van der Waals surface area contributed by atoms with Gasteiger partial charge in [0.25, 0.3) is 0 Å². The van der Waals surface area contributed by atoms with E-state index < -0.39 is 5.97 Å². The summed E-state index contributed by atoms with van der Waals surface area (Å²) in [6, 6.07) is 1.34. The molecule has 1 aromatic heterocycles. The maximum Gasteiger partial charge on any atom is 0.323 e. The molecule has 0 saturated heterocycles. The Morgan fingerprint density at radius 2 is 2.26 bits per heavy atom. The zero-order valence-electron chi connectivity index (χ0n) is 11.2. The molecule has 1 rings (SSSR count). The van der Waals surface area contributed by atoms with E-state index in [1.807, 2.05) is 13.8 Å². The normalized spacial score (nSPS) is 11.9. The average Bonchev–Trinajstić information content (AvgIpc) is 2.87. The van der Waals surface area contributed by atoms with E-state index in [0.29, 0.717) is 19.5 Å². The lowest BCUT2D eigenvalue weighted by Gasteiger charge is -2.27. The Bertz CT molecular complexity index is 405. The van der Waals surface area contributed by atoms with Gasteiger partial charge in [-0.05, 0) is 19.4 Å². The third kappa shape index (κ3) is 4.99. The molecule has 0 aliphatic heterocycles. The van der Waals surface area contributed by atoms with Gasteiger partial charge < -0.3 is 15.3 Å². The number of carboxylic acids is 1. The fourth-order valence-corrected chi connectivity index (χ4v) is 1.61. The van der Waals surface area contributed by atoms with Gasteiger partial charge in [0.15, 0.2) is 0 Å². The summed E-state index contributed by atoms with van der Waals surface area (Å²) in [7, 11) is 0. The Hall–Kier alpha value is -2.05. The van der Waals surface area contributed by atoms with Crippen molar-refractivity contribution in [1.29, 1.82) is 0 Å². The minimum atomic E-state index is -1.01. The molecular formula is C12H20N4O3. The molecule has 0 saturated carbocycles. The molecule has 2 amide bonds. The van der Waals surface area contributed by atoms with E-state index in [-0.39, 0.29) is 18.6 Å². The molecule has 7 heteroatoms. The summed E-state index contributed by atoms with van der Waals surface area (Å²) in [5.41, 5.74) is 0. The molecule has 0 radical (unpaired) electrons. The Morgan fingerprint density at radius 3 is 2.79 bits per heavy atom. The molecule has 0 bridgehead atoms. The maximum atomic E-state index is 11.9. The Morgan fingerprint density at radius 1 is 1.53 bits per heavy atom. The van der Waals surface area contributed by atoms with Crippen molar-refractivity contribution in [1.82, 2.24) is 20.0 Å². The van der Waals surface area contributed by atoms with Crippen LogP contribution in [0, 0.1) is 0 Å². The van der Waals surface area contributed by atoms with Crippen molar-refractivity contribution in [3.8, 4) is 0 Å². The quantitative estimate of drug-likeness (QED) is 0.765. The van der Waals surface area contributed by atoms with Gasteiger partial charge in [0, 0.05) is 25.0 Å². The first-order chi connectivity index (χ1) is 9.04. The molecule has 1 aromatic rings. The standard InChI is InChI=1S/C12H20N4O3/c1-3-10(2)16(9-11(17)18)12(19)13-6-8-15-7-4-5-14-15/h4-5,7,10H,3,6,8-9H2,1-2H3,(H,13,19)(H,17,18). The van der Waals surface area contributed by atoms with E-state index in [0.717, 1.165) is 0 Å². The molecule has 0 aliphatic carbocycles. The van der Waals surface area contributed by atoms with Gasteiger partial charge in [-0.15, -0.1) is 0 Å². The van der Waals surface area contributed by atoms with Crippen LogP contribution in [0.15, 0.2) is 18.5 Å². The summed E-state index contributed by atoms with van der Waals surface area (Å²) < 4.78 is 1.70. The lowest BCUT2D eigenvalue weighted by molar-refractivity contribution is -0.138. The highest BCUT2D eigenvalue weighted by molar-refractivity contribution is 5.80. The number of aromatic nitrogens is 2. The van der Waals surface area contributed by atoms with Crippen LogP contribution in [0.5, 0.6) is 0 Å². The number of amides is 2. The van der Waals surface area contributed by atoms with E-state index >= 15 is 0 Å². The first-order valence-electron chi connectivity index (χ1n) is 6.28. The molecular weight excluding hydrogens is 248 g/mol. The number of hydrogen-bond acceptors (Lipinski definition) is 3. The van der Waals surface area contributed by atoms with Crippen LogP contribution in [0.3, 0.4) is 0 Å². The van der Waals surface area contributed by atoms with Crippen LogP contribution in [0.1, 0.15) is 20.3 Å². The number of nitrogens with zero attached hydrogens (tertiary/aromatic N) is 3. The highest BCUT2D eigenvalue weighted by Crippen LogP contribution is 2.03. The fraction of sp³-hybridized carbons (Fsp3) is 0.583.